The van der Waals surface area contributed by atoms with E-state index < -0.39 is 0 Å². The molecule has 0 radical (unpaired) electrons. The van der Waals surface area contributed by atoms with Gasteiger partial charge in [0, 0.05) is 29.6 Å². The summed E-state index contributed by atoms with van der Waals surface area (Å²) in [5, 5.41) is 1.67. The van der Waals surface area contributed by atoms with E-state index in [0.717, 1.165) is 22.8 Å². The summed E-state index contributed by atoms with van der Waals surface area (Å²) >= 11 is 9.55. The topological polar surface area (TPSA) is 3.24 Å². The maximum absolute atomic E-state index is 6.04. The summed E-state index contributed by atoms with van der Waals surface area (Å²) < 4.78 is 0. The first-order valence-electron chi connectivity index (χ1n) is 5.60. The van der Waals surface area contributed by atoms with E-state index in [1.54, 1.807) is 0 Å². The van der Waals surface area contributed by atoms with Crippen LogP contribution in [0.1, 0.15) is 25.8 Å². The molecular weight excluding hydrogens is 286 g/mol. The third-order valence-corrected chi connectivity index (χ3v) is 3.48. The van der Waals surface area contributed by atoms with E-state index in [1.165, 1.54) is 17.7 Å². The smallest absolute Gasteiger partial charge is 0.0426 e. The Balaban J connectivity index is 2.80. The summed E-state index contributed by atoms with van der Waals surface area (Å²) in [4.78, 5) is 2.28. The zero-order chi connectivity index (χ0) is 12.1. The summed E-state index contributed by atoms with van der Waals surface area (Å²) in [6.45, 7) is 5.56. The fraction of sp³-hybridized carbons (Fsp3) is 0.538. The second-order valence-corrected chi connectivity index (χ2v) is 5.51. The van der Waals surface area contributed by atoms with E-state index in [0.29, 0.717) is 0 Å². The molecule has 1 aromatic carbocycles. The van der Waals surface area contributed by atoms with Crippen LogP contribution in [0.25, 0.3) is 0 Å². The molecule has 0 saturated carbocycles. The summed E-state index contributed by atoms with van der Waals surface area (Å²) in [7, 11) is 2.13. The summed E-state index contributed by atoms with van der Waals surface area (Å²) in [5.74, 6) is 0.731. The van der Waals surface area contributed by atoms with Crippen molar-refractivity contribution in [3.63, 3.8) is 0 Å². The van der Waals surface area contributed by atoms with Crippen molar-refractivity contribution in [2.75, 3.05) is 18.5 Å². The van der Waals surface area contributed by atoms with Crippen LogP contribution >= 0.6 is 27.5 Å². The second-order valence-electron chi connectivity index (χ2n) is 4.51. The third kappa shape index (κ3) is 3.99. The maximum Gasteiger partial charge on any atom is 0.0426 e. The second kappa shape index (κ2) is 6.51. The maximum atomic E-state index is 6.04. The highest BCUT2D eigenvalue weighted by molar-refractivity contribution is 9.08. The van der Waals surface area contributed by atoms with Gasteiger partial charge in [-0.2, -0.15) is 0 Å². The van der Waals surface area contributed by atoms with Crippen LogP contribution in [-0.2, 0) is 5.33 Å². The first-order chi connectivity index (χ1) is 7.54. The van der Waals surface area contributed by atoms with Crippen molar-refractivity contribution in [2.24, 2.45) is 5.92 Å². The van der Waals surface area contributed by atoms with Gasteiger partial charge in [-0.05, 0) is 30.0 Å². The Labute approximate surface area is 112 Å². The zero-order valence-electron chi connectivity index (χ0n) is 10.1. The van der Waals surface area contributed by atoms with Crippen LogP contribution in [0, 0.1) is 5.92 Å². The molecule has 1 rings (SSSR count). The SMILES string of the molecule is CC(C)CCN(C)c1cc(Cl)ccc1CBr. The molecule has 0 saturated heterocycles. The highest BCUT2D eigenvalue weighted by Crippen LogP contribution is 2.26. The average molecular weight is 305 g/mol. The highest BCUT2D eigenvalue weighted by Gasteiger charge is 2.08. The lowest BCUT2D eigenvalue weighted by Gasteiger charge is -2.23. The molecule has 0 N–H and O–H groups in total. The molecule has 0 amide bonds. The fourth-order valence-corrected chi connectivity index (χ4v) is 2.22. The molecule has 0 bridgehead atoms. The highest BCUT2D eigenvalue weighted by atomic mass is 79.9. The van der Waals surface area contributed by atoms with Crippen molar-refractivity contribution in [1.82, 2.24) is 0 Å². The number of hydrogen-bond donors (Lipinski definition) is 0. The van der Waals surface area contributed by atoms with Gasteiger partial charge in [0.25, 0.3) is 0 Å². The molecule has 0 heterocycles. The minimum absolute atomic E-state index is 0.731. The first-order valence-corrected chi connectivity index (χ1v) is 7.10. The number of rotatable bonds is 5. The molecule has 0 aliphatic rings. The lowest BCUT2D eigenvalue weighted by Crippen LogP contribution is -2.21. The van der Waals surface area contributed by atoms with E-state index >= 15 is 0 Å². The Morgan fingerprint density at radius 3 is 2.62 bits per heavy atom. The average Bonchev–Trinajstić information content (AvgIpc) is 2.25. The standard InChI is InChI=1S/C13H19BrClN/c1-10(2)6-7-16(3)13-8-12(15)5-4-11(13)9-14/h4-5,8,10H,6-7,9H2,1-3H3. The minimum Gasteiger partial charge on any atom is -0.374 e. The Bertz CT molecular complexity index is 339. The Morgan fingerprint density at radius 2 is 2.06 bits per heavy atom. The number of anilines is 1. The van der Waals surface area contributed by atoms with Gasteiger partial charge in [-0.15, -0.1) is 0 Å². The van der Waals surface area contributed by atoms with Gasteiger partial charge < -0.3 is 4.90 Å². The predicted octanol–water partition coefficient (Wildman–Crippen LogP) is 4.72. The van der Waals surface area contributed by atoms with Crippen molar-refractivity contribution < 1.29 is 0 Å². The fourth-order valence-electron chi connectivity index (χ4n) is 1.58. The normalized spacial score (nSPS) is 10.9. The van der Waals surface area contributed by atoms with Crippen LogP contribution in [0.4, 0.5) is 5.69 Å². The predicted molar refractivity (Wildman–Crippen MR) is 76.8 cm³/mol. The number of nitrogens with zero attached hydrogens (tertiary/aromatic N) is 1. The lowest BCUT2D eigenvalue weighted by molar-refractivity contribution is 0.585. The lowest BCUT2D eigenvalue weighted by atomic mass is 10.1. The monoisotopic (exact) mass is 303 g/mol. The van der Waals surface area contributed by atoms with Crippen molar-refractivity contribution in [2.45, 2.75) is 25.6 Å². The molecule has 0 aliphatic heterocycles. The van der Waals surface area contributed by atoms with E-state index in [-0.39, 0.29) is 0 Å². The van der Waals surface area contributed by atoms with E-state index in [2.05, 4.69) is 47.8 Å². The van der Waals surface area contributed by atoms with Gasteiger partial charge in [-0.1, -0.05) is 47.4 Å². The van der Waals surface area contributed by atoms with Crippen LogP contribution < -0.4 is 4.90 Å². The summed E-state index contributed by atoms with van der Waals surface area (Å²) in [6, 6.07) is 6.06. The van der Waals surface area contributed by atoms with Crippen LogP contribution in [0.15, 0.2) is 18.2 Å². The van der Waals surface area contributed by atoms with Gasteiger partial charge in [-0.25, -0.2) is 0 Å². The summed E-state index contributed by atoms with van der Waals surface area (Å²) in [6.07, 6.45) is 1.20. The number of halogens is 2. The van der Waals surface area contributed by atoms with Gasteiger partial charge in [0.2, 0.25) is 0 Å². The Morgan fingerprint density at radius 1 is 1.38 bits per heavy atom. The van der Waals surface area contributed by atoms with Crippen LogP contribution in [0.2, 0.25) is 5.02 Å². The molecule has 1 nitrogen and oxygen atoms in total. The molecule has 0 aromatic heterocycles. The molecule has 0 unspecified atom stereocenters. The van der Waals surface area contributed by atoms with Gasteiger partial charge in [-0.3, -0.25) is 0 Å². The van der Waals surface area contributed by atoms with Gasteiger partial charge >= 0.3 is 0 Å². The Hall–Kier alpha value is -0.210. The van der Waals surface area contributed by atoms with Crippen molar-refractivity contribution in [3.05, 3.63) is 28.8 Å². The third-order valence-electron chi connectivity index (χ3n) is 2.64. The van der Waals surface area contributed by atoms with E-state index in [4.69, 9.17) is 11.6 Å². The summed E-state index contributed by atoms with van der Waals surface area (Å²) in [5.41, 5.74) is 2.51. The quantitative estimate of drug-likeness (QED) is 0.712. The van der Waals surface area contributed by atoms with Crippen molar-refractivity contribution in [3.8, 4) is 0 Å². The molecule has 1 aromatic rings. The molecule has 3 heteroatoms. The largest absolute Gasteiger partial charge is 0.374 e. The molecule has 0 atom stereocenters. The minimum atomic E-state index is 0.731. The molecule has 16 heavy (non-hydrogen) atoms. The first kappa shape index (κ1) is 13.9. The molecule has 0 aliphatic carbocycles. The van der Waals surface area contributed by atoms with Crippen LogP contribution in [0.3, 0.4) is 0 Å². The zero-order valence-corrected chi connectivity index (χ0v) is 12.5. The van der Waals surface area contributed by atoms with Crippen molar-refractivity contribution >= 4 is 33.2 Å². The number of alkyl halides is 1. The van der Waals surface area contributed by atoms with E-state index in [1.807, 2.05) is 12.1 Å². The van der Waals surface area contributed by atoms with E-state index in [9.17, 15) is 0 Å². The number of benzene rings is 1. The molecule has 90 valence electrons. The molecular formula is C13H19BrClN. The van der Waals surface area contributed by atoms with Crippen LogP contribution in [0.5, 0.6) is 0 Å². The Kier molecular flexibility index (Phi) is 5.63. The van der Waals surface area contributed by atoms with Gasteiger partial charge in [0.1, 0.15) is 0 Å². The van der Waals surface area contributed by atoms with Crippen LogP contribution in [-0.4, -0.2) is 13.6 Å². The molecule has 0 fully saturated rings. The number of hydrogen-bond acceptors (Lipinski definition) is 1. The molecule has 0 spiro atoms. The van der Waals surface area contributed by atoms with Gasteiger partial charge in [0.15, 0.2) is 0 Å². The van der Waals surface area contributed by atoms with Gasteiger partial charge in [0.05, 0.1) is 0 Å². The van der Waals surface area contributed by atoms with Crippen molar-refractivity contribution in [1.29, 1.82) is 0 Å².